The van der Waals surface area contributed by atoms with Gasteiger partial charge in [0.1, 0.15) is 0 Å². The second-order valence-corrected chi connectivity index (χ2v) is 7.68. The Kier molecular flexibility index (Phi) is 8.83. The van der Waals surface area contributed by atoms with E-state index in [1.54, 1.807) is 36.7 Å². The maximum absolute atomic E-state index is 12.3. The number of carbonyl (C=O) groups excluding carboxylic acids is 1. The van der Waals surface area contributed by atoms with Gasteiger partial charge in [0.15, 0.2) is 11.5 Å². The van der Waals surface area contributed by atoms with Gasteiger partial charge < -0.3 is 19.7 Å². The van der Waals surface area contributed by atoms with Crippen molar-refractivity contribution in [2.24, 2.45) is 0 Å². The standard InChI is InChI=1S/C21H27ClN2O3S/c1-5-9-27-21-17(22)11-15(12-19(21)26-4)6-7-20(25)23-13-18(24(2)3)16-8-10-28-14-16/h6-8,10-12,14,18H,5,9,13H2,1-4H3,(H,23,25)/b7-6+. The molecule has 5 nitrogen and oxygen atoms in total. The summed E-state index contributed by atoms with van der Waals surface area (Å²) in [5.41, 5.74) is 1.96. The minimum atomic E-state index is -0.163. The maximum Gasteiger partial charge on any atom is 0.244 e. The first-order valence-corrected chi connectivity index (χ1v) is 10.4. The van der Waals surface area contributed by atoms with Gasteiger partial charge in [0, 0.05) is 12.6 Å². The molecule has 28 heavy (non-hydrogen) atoms. The summed E-state index contributed by atoms with van der Waals surface area (Å²) in [6.45, 7) is 3.11. The normalized spacial score (nSPS) is 12.4. The topological polar surface area (TPSA) is 50.8 Å². The smallest absolute Gasteiger partial charge is 0.244 e. The zero-order valence-corrected chi connectivity index (χ0v) is 18.3. The van der Waals surface area contributed by atoms with Crippen LogP contribution in [0.2, 0.25) is 5.02 Å². The molecule has 1 unspecified atom stereocenters. The van der Waals surface area contributed by atoms with Gasteiger partial charge in [-0.25, -0.2) is 0 Å². The first kappa shape index (κ1) is 22.3. The molecule has 0 spiro atoms. The van der Waals surface area contributed by atoms with Crippen LogP contribution in [-0.4, -0.2) is 45.2 Å². The van der Waals surface area contributed by atoms with Crippen molar-refractivity contribution in [3.8, 4) is 11.5 Å². The lowest BCUT2D eigenvalue weighted by molar-refractivity contribution is -0.116. The minimum absolute atomic E-state index is 0.133. The van der Waals surface area contributed by atoms with Crippen LogP contribution in [0.3, 0.4) is 0 Å². The Morgan fingerprint density at radius 1 is 1.39 bits per heavy atom. The lowest BCUT2D eigenvalue weighted by atomic mass is 10.1. The molecule has 0 saturated carbocycles. The number of methoxy groups -OCH3 is 1. The molecule has 1 N–H and O–H groups in total. The lowest BCUT2D eigenvalue weighted by Crippen LogP contribution is -2.33. The highest BCUT2D eigenvalue weighted by atomic mass is 35.5. The number of hydrogen-bond acceptors (Lipinski definition) is 5. The molecule has 0 aliphatic carbocycles. The van der Waals surface area contributed by atoms with Crippen LogP contribution in [0.4, 0.5) is 0 Å². The fourth-order valence-electron chi connectivity index (χ4n) is 2.67. The van der Waals surface area contributed by atoms with E-state index >= 15 is 0 Å². The minimum Gasteiger partial charge on any atom is -0.493 e. The summed E-state index contributed by atoms with van der Waals surface area (Å²) in [6, 6.07) is 5.77. The van der Waals surface area contributed by atoms with Gasteiger partial charge in [0.05, 0.1) is 24.8 Å². The molecule has 152 valence electrons. The predicted molar refractivity (Wildman–Crippen MR) is 117 cm³/mol. The number of hydrogen-bond donors (Lipinski definition) is 1. The zero-order valence-electron chi connectivity index (χ0n) is 16.7. The number of nitrogens with zero attached hydrogens (tertiary/aromatic N) is 1. The average molecular weight is 423 g/mol. The van der Waals surface area contributed by atoms with Crippen molar-refractivity contribution in [3.63, 3.8) is 0 Å². The number of benzene rings is 1. The Balaban J connectivity index is 2.02. The molecule has 1 atom stereocenters. The van der Waals surface area contributed by atoms with Crippen LogP contribution in [0, 0.1) is 0 Å². The highest BCUT2D eigenvalue weighted by molar-refractivity contribution is 7.08. The fourth-order valence-corrected chi connectivity index (χ4v) is 3.65. The number of thiophene rings is 1. The summed E-state index contributed by atoms with van der Waals surface area (Å²) < 4.78 is 11.0. The molecule has 0 aliphatic rings. The van der Waals surface area contributed by atoms with Crippen molar-refractivity contribution in [3.05, 3.63) is 51.2 Å². The van der Waals surface area contributed by atoms with Gasteiger partial charge in [-0.1, -0.05) is 18.5 Å². The summed E-state index contributed by atoms with van der Waals surface area (Å²) in [7, 11) is 5.57. The third-order valence-electron chi connectivity index (χ3n) is 4.15. The van der Waals surface area contributed by atoms with Gasteiger partial charge in [-0.2, -0.15) is 11.3 Å². The Morgan fingerprint density at radius 2 is 2.18 bits per heavy atom. The number of amides is 1. The quantitative estimate of drug-likeness (QED) is 0.567. The van der Waals surface area contributed by atoms with Gasteiger partial charge in [0.2, 0.25) is 5.91 Å². The number of carbonyl (C=O) groups is 1. The van der Waals surface area contributed by atoms with E-state index < -0.39 is 0 Å². The number of nitrogens with one attached hydrogen (secondary N) is 1. The van der Waals surface area contributed by atoms with E-state index in [-0.39, 0.29) is 11.9 Å². The molecule has 0 fully saturated rings. The Morgan fingerprint density at radius 3 is 2.79 bits per heavy atom. The van der Waals surface area contributed by atoms with E-state index in [0.717, 1.165) is 12.0 Å². The lowest BCUT2D eigenvalue weighted by Gasteiger charge is -2.23. The molecule has 7 heteroatoms. The molecule has 1 heterocycles. The molecule has 2 aromatic rings. The zero-order chi connectivity index (χ0) is 20.5. The van der Waals surface area contributed by atoms with Crippen LogP contribution in [0.15, 0.2) is 35.0 Å². The molecule has 1 aromatic heterocycles. The average Bonchev–Trinajstić information content (AvgIpc) is 3.19. The van der Waals surface area contributed by atoms with Crippen LogP contribution >= 0.6 is 22.9 Å². The van der Waals surface area contributed by atoms with Gasteiger partial charge in [-0.05, 0) is 66.7 Å². The van der Waals surface area contributed by atoms with Crippen LogP contribution in [-0.2, 0) is 4.79 Å². The molecular weight excluding hydrogens is 396 g/mol. The first-order valence-electron chi connectivity index (χ1n) is 9.11. The Labute approximate surface area is 175 Å². The fraction of sp³-hybridized carbons (Fsp3) is 0.381. The summed E-state index contributed by atoms with van der Waals surface area (Å²) in [5.74, 6) is 0.909. The maximum atomic E-state index is 12.3. The predicted octanol–water partition coefficient (Wildman–Crippen LogP) is 4.63. The van der Waals surface area contributed by atoms with E-state index in [1.807, 2.05) is 26.4 Å². The molecular formula is C21H27ClN2O3S. The second kappa shape index (κ2) is 11.1. The highest BCUT2D eigenvalue weighted by Crippen LogP contribution is 2.36. The van der Waals surface area contributed by atoms with Crippen molar-refractivity contribution >= 4 is 34.9 Å². The molecule has 2 rings (SSSR count). The van der Waals surface area contributed by atoms with E-state index in [2.05, 4.69) is 21.7 Å². The van der Waals surface area contributed by atoms with Crippen molar-refractivity contribution in [1.29, 1.82) is 0 Å². The summed E-state index contributed by atoms with van der Waals surface area (Å²) >= 11 is 7.96. The second-order valence-electron chi connectivity index (χ2n) is 6.50. The summed E-state index contributed by atoms with van der Waals surface area (Å²) in [5, 5.41) is 7.55. The SMILES string of the molecule is CCCOc1c(Cl)cc(/C=C/C(=O)NCC(c2ccsc2)N(C)C)cc1OC. The molecule has 0 bridgehead atoms. The molecule has 0 radical (unpaired) electrons. The van der Waals surface area contributed by atoms with E-state index in [4.69, 9.17) is 21.1 Å². The molecule has 0 aliphatic heterocycles. The van der Waals surface area contributed by atoms with Crippen molar-refractivity contribution < 1.29 is 14.3 Å². The van der Waals surface area contributed by atoms with Crippen molar-refractivity contribution in [1.82, 2.24) is 10.2 Å². The molecule has 1 amide bonds. The number of likely N-dealkylation sites (N-methyl/N-ethyl adjacent to an activating group) is 1. The molecule has 1 aromatic carbocycles. The summed E-state index contributed by atoms with van der Waals surface area (Å²) in [6.07, 6.45) is 4.08. The van der Waals surface area contributed by atoms with Crippen LogP contribution < -0.4 is 14.8 Å². The third-order valence-corrected chi connectivity index (χ3v) is 5.13. The van der Waals surface area contributed by atoms with Gasteiger partial charge in [-0.3, -0.25) is 4.79 Å². The van der Waals surface area contributed by atoms with Crippen molar-refractivity contribution in [2.45, 2.75) is 19.4 Å². The monoisotopic (exact) mass is 422 g/mol. The number of ether oxygens (including phenoxy) is 2. The van der Waals surface area contributed by atoms with Gasteiger partial charge in [0.25, 0.3) is 0 Å². The van der Waals surface area contributed by atoms with E-state index in [9.17, 15) is 4.79 Å². The van der Waals surface area contributed by atoms with Crippen LogP contribution in [0.25, 0.3) is 6.08 Å². The number of halogens is 1. The number of rotatable bonds is 10. The van der Waals surface area contributed by atoms with E-state index in [1.165, 1.54) is 11.6 Å². The molecule has 0 saturated heterocycles. The largest absolute Gasteiger partial charge is 0.493 e. The van der Waals surface area contributed by atoms with Gasteiger partial charge >= 0.3 is 0 Å². The van der Waals surface area contributed by atoms with Crippen LogP contribution in [0.5, 0.6) is 11.5 Å². The Bertz CT molecular complexity index is 791. The van der Waals surface area contributed by atoms with Crippen LogP contribution in [0.1, 0.15) is 30.5 Å². The highest BCUT2D eigenvalue weighted by Gasteiger charge is 2.15. The first-order chi connectivity index (χ1) is 13.5. The van der Waals surface area contributed by atoms with Crippen molar-refractivity contribution in [2.75, 3.05) is 34.4 Å². The van der Waals surface area contributed by atoms with E-state index in [0.29, 0.717) is 29.7 Å². The Hall–Kier alpha value is -2.02. The summed E-state index contributed by atoms with van der Waals surface area (Å²) in [4.78, 5) is 14.3. The third kappa shape index (κ3) is 6.26. The van der Waals surface area contributed by atoms with Gasteiger partial charge in [-0.15, -0.1) is 0 Å².